The number of piperidine rings is 1. The van der Waals surface area contributed by atoms with Crippen LogP contribution >= 0.6 is 0 Å². The Morgan fingerprint density at radius 1 is 1.45 bits per heavy atom. The van der Waals surface area contributed by atoms with E-state index < -0.39 is 0 Å². The third-order valence-corrected chi connectivity index (χ3v) is 3.87. The minimum atomic E-state index is 0.102. The van der Waals surface area contributed by atoms with Gasteiger partial charge in [-0.3, -0.25) is 4.79 Å². The summed E-state index contributed by atoms with van der Waals surface area (Å²) in [5.74, 6) is 6.56. The Labute approximate surface area is 121 Å². The van der Waals surface area contributed by atoms with Crippen molar-refractivity contribution in [2.75, 3.05) is 19.6 Å². The summed E-state index contributed by atoms with van der Waals surface area (Å²) in [7, 11) is 0. The summed E-state index contributed by atoms with van der Waals surface area (Å²) in [5.41, 5.74) is 6.89. The molecule has 0 aliphatic carbocycles. The van der Waals surface area contributed by atoms with Crippen molar-refractivity contribution in [3.05, 3.63) is 35.4 Å². The average molecular weight is 270 g/mol. The Bertz CT molecular complexity index is 527. The van der Waals surface area contributed by atoms with E-state index in [0.29, 0.717) is 18.0 Å². The van der Waals surface area contributed by atoms with Crippen LogP contribution in [0, 0.1) is 17.8 Å². The van der Waals surface area contributed by atoms with Crippen LogP contribution in [0.3, 0.4) is 0 Å². The summed E-state index contributed by atoms with van der Waals surface area (Å²) in [6.45, 7) is 4.23. The highest BCUT2D eigenvalue weighted by molar-refractivity contribution is 5.96. The minimum Gasteiger partial charge on any atom is -0.338 e. The maximum absolute atomic E-state index is 12.7. The first-order valence-corrected chi connectivity index (χ1v) is 7.33. The van der Waals surface area contributed by atoms with Gasteiger partial charge < -0.3 is 10.6 Å². The zero-order valence-electron chi connectivity index (χ0n) is 12.1. The van der Waals surface area contributed by atoms with E-state index in [0.717, 1.165) is 31.5 Å². The molecule has 1 heterocycles. The molecule has 1 aliphatic heterocycles. The van der Waals surface area contributed by atoms with Gasteiger partial charge in [-0.15, -0.1) is 0 Å². The molecule has 3 heteroatoms. The van der Waals surface area contributed by atoms with E-state index in [4.69, 9.17) is 5.73 Å². The van der Waals surface area contributed by atoms with Gasteiger partial charge in [-0.05, 0) is 30.9 Å². The van der Waals surface area contributed by atoms with Crippen molar-refractivity contribution < 1.29 is 4.79 Å². The Morgan fingerprint density at radius 3 is 3.00 bits per heavy atom. The van der Waals surface area contributed by atoms with Crippen LogP contribution in [0.25, 0.3) is 0 Å². The van der Waals surface area contributed by atoms with E-state index in [2.05, 4.69) is 18.8 Å². The lowest BCUT2D eigenvalue weighted by atomic mass is 9.94. The number of hydrogen-bond donors (Lipinski definition) is 1. The van der Waals surface area contributed by atoms with Crippen LogP contribution in [0.2, 0.25) is 0 Å². The average Bonchev–Trinajstić information content (AvgIpc) is 2.52. The number of nitrogens with zero attached hydrogens (tertiary/aromatic N) is 1. The summed E-state index contributed by atoms with van der Waals surface area (Å²) in [6, 6.07) is 7.54. The number of carbonyl (C=O) groups is 1. The van der Waals surface area contributed by atoms with Crippen LogP contribution < -0.4 is 5.73 Å². The van der Waals surface area contributed by atoms with E-state index in [1.165, 1.54) is 6.42 Å². The largest absolute Gasteiger partial charge is 0.338 e. The van der Waals surface area contributed by atoms with Crippen LogP contribution in [0.4, 0.5) is 0 Å². The molecule has 1 aliphatic rings. The molecule has 1 fully saturated rings. The maximum Gasteiger partial charge on any atom is 0.255 e. The number of likely N-dealkylation sites (tertiary alicyclic amines) is 1. The highest BCUT2D eigenvalue weighted by Gasteiger charge is 2.24. The Morgan fingerprint density at radius 2 is 2.25 bits per heavy atom. The number of carbonyl (C=O) groups excluding carboxylic acids is 1. The van der Waals surface area contributed by atoms with Gasteiger partial charge in [0.05, 0.1) is 12.1 Å². The second-order valence-electron chi connectivity index (χ2n) is 5.22. The van der Waals surface area contributed by atoms with Gasteiger partial charge in [0.1, 0.15) is 0 Å². The fourth-order valence-electron chi connectivity index (χ4n) is 2.68. The number of amides is 1. The van der Waals surface area contributed by atoms with E-state index in [-0.39, 0.29) is 5.91 Å². The zero-order chi connectivity index (χ0) is 14.4. The fraction of sp³-hybridized carbons (Fsp3) is 0.471. The molecule has 2 N–H and O–H groups in total. The molecular weight excluding hydrogens is 248 g/mol. The normalized spacial score (nSPS) is 18.3. The molecule has 20 heavy (non-hydrogen) atoms. The van der Waals surface area contributed by atoms with Gasteiger partial charge in [0, 0.05) is 18.7 Å². The maximum atomic E-state index is 12.7. The van der Waals surface area contributed by atoms with Crippen molar-refractivity contribution >= 4 is 5.91 Å². The second-order valence-corrected chi connectivity index (χ2v) is 5.22. The monoisotopic (exact) mass is 270 g/mol. The molecule has 0 saturated carbocycles. The van der Waals surface area contributed by atoms with Crippen molar-refractivity contribution in [2.45, 2.75) is 26.2 Å². The summed E-state index contributed by atoms with van der Waals surface area (Å²) in [6.07, 6.45) is 3.47. The third-order valence-electron chi connectivity index (χ3n) is 3.87. The predicted molar refractivity (Wildman–Crippen MR) is 81.3 cm³/mol. The van der Waals surface area contributed by atoms with Crippen molar-refractivity contribution in [3.8, 4) is 11.8 Å². The molecule has 0 spiro atoms. The third kappa shape index (κ3) is 3.40. The highest BCUT2D eigenvalue weighted by Crippen LogP contribution is 2.21. The number of rotatable bonds is 2. The Balaban J connectivity index is 2.20. The zero-order valence-corrected chi connectivity index (χ0v) is 12.1. The molecule has 0 radical (unpaired) electrons. The van der Waals surface area contributed by atoms with Crippen LogP contribution in [0.5, 0.6) is 0 Å². The lowest BCUT2D eigenvalue weighted by molar-refractivity contribution is 0.0671. The molecule has 0 bridgehead atoms. The van der Waals surface area contributed by atoms with Gasteiger partial charge in [-0.1, -0.05) is 37.3 Å². The molecular formula is C17H22N2O. The standard InChI is InChI=1S/C17H22N2O/c1-2-14-7-6-12-19(13-14)17(20)16-10-4-3-8-15(16)9-5-11-18/h3-4,8,10,14H,2,6-7,11-13,18H2,1H3. The van der Waals surface area contributed by atoms with Crippen LogP contribution in [0.15, 0.2) is 24.3 Å². The first-order chi connectivity index (χ1) is 9.76. The van der Waals surface area contributed by atoms with Crippen LogP contribution in [-0.4, -0.2) is 30.4 Å². The van der Waals surface area contributed by atoms with E-state index in [9.17, 15) is 4.79 Å². The van der Waals surface area contributed by atoms with Gasteiger partial charge in [0.15, 0.2) is 0 Å². The van der Waals surface area contributed by atoms with Gasteiger partial charge in [0.2, 0.25) is 0 Å². The van der Waals surface area contributed by atoms with Crippen molar-refractivity contribution in [1.29, 1.82) is 0 Å². The van der Waals surface area contributed by atoms with Crippen molar-refractivity contribution in [2.24, 2.45) is 11.7 Å². The quantitative estimate of drug-likeness (QED) is 0.838. The molecule has 0 aromatic heterocycles. The van der Waals surface area contributed by atoms with Crippen molar-refractivity contribution in [1.82, 2.24) is 4.90 Å². The number of hydrogen-bond acceptors (Lipinski definition) is 2. The first kappa shape index (κ1) is 14.6. The smallest absolute Gasteiger partial charge is 0.255 e. The van der Waals surface area contributed by atoms with E-state index >= 15 is 0 Å². The van der Waals surface area contributed by atoms with Gasteiger partial charge in [-0.25, -0.2) is 0 Å². The van der Waals surface area contributed by atoms with E-state index in [1.54, 1.807) is 0 Å². The van der Waals surface area contributed by atoms with E-state index in [1.807, 2.05) is 29.2 Å². The molecule has 106 valence electrons. The lowest BCUT2D eigenvalue weighted by Gasteiger charge is -2.32. The SMILES string of the molecule is CCC1CCCN(C(=O)c2ccccc2C#CCN)C1. The summed E-state index contributed by atoms with van der Waals surface area (Å²) in [5, 5.41) is 0. The molecule has 1 atom stereocenters. The van der Waals surface area contributed by atoms with Gasteiger partial charge >= 0.3 is 0 Å². The second kappa shape index (κ2) is 7.12. The molecule has 1 aromatic rings. The first-order valence-electron chi connectivity index (χ1n) is 7.33. The molecule has 2 rings (SSSR count). The topological polar surface area (TPSA) is 46.3 Å². The fourth-order valence-corrected chi connectivity index (χ4v) is 2.68. The van der Waals surface area contributed by atoms with Gasteiger partial charge in [-0.2, -0.15) is 0 Å². The minimum absolute atomic E-state index is 0.102. The van der Waals surface area contributed by atoms with Crippen molar-refractivity contribution in [3.63, 3.8) is 0 Å². The summed E-state index contributed by atoms with van der Waals surface area (Å²) >= 11 is 0. The Kier molecular flexibility index (Phi) is 5.20. The number of benzene rings is 1. The molecule has 1 amide bonds. The number of nitrogens with two attached hydrogens (primary N) is 1. The lowest BCUT2D eigenvalue weighted by Crippen LogP contribution is -2.40. The molecule has 1 aromatic carbocycles. The molecule has 1 unspecified atom stereocenters. The van der Waals surface area contributed by atoms with Gasteiger partial charge in [0.25, 0.3) is 5.91 Å². The molecule has 3 nitrogen and oxygen atoms in total. The van der Waals surface area contributed by atoms with Crippen LogP contribution in [0.1, 0.15) is 42.1 Å². The van der Waals surface area contributed by atoms with Crippen LogP contribution in [-0.2, 0) is 0 Å². The Hall–Kier alpha value is -1.79. The predicted octanol–water partition coefficient (Wildman–Crippen LogP) is 2.26. The summed E-state index contributed by atoms with van der Waals surface area (Å²) < 4.78 is 0. The summed E-state index contributed by atoms with van der Waals surface area (Å²) in [4.78, 5) is 14.6. The highest BCUT2D eigenvalue weighted by atomic mass is 16.2. The molecule has 1 saturated heterocycles.